The van der Waals surface area contributed by atoms with Crippen molar-refractivity contribution in [2.24, 2.45) is 5.73 Å². The van der Waals surface area contributed by atoms with E-state index < -0.39 is 5.54 Å². The standard InChI is InChI=1S/C13H17NO3/c1-16-10-5-6-11-9(8-10)4-3-7-13(11,14)12(15)17-2/h5-6,8H,3-4,7,14H2,1-2H3. The predicted molar refractivity (Wildman–Crippen MR) is 63.8 cm³/mol. The molecule has 1 atom stereocenters. The van der Waals surface area contributed by atoms with Crippen LogP contribution in [0, 0.1) is 0 Å². The van der Waals surface area contributed by atoms with Crippen LogP contribution in [0.4, 0.5) is 0 Å². The van der Waals surface area contributed by atoms with Gasteiger partial charge in [-0.05, 0) is 42.5 Å². The molecule has 1 aliphatic rings. The molecule has 4 nitrogen and oxygen atoms in total. The number of aryl methyl sites for hydroxylation is 1. The third-order valence-electron chi connectivity index (χ3n) is 3.36. The van der Waals surface area contributed by atoms with Crippen molar-refractivity contribution in [2.45, 2.75) is 24.8 Å². The van der Waals surface area contributed by atoms with Gasteiger partial charge in [0.05, 0.1) is 14.2 Å². The second-order valence-corrected chi connectivity index (χ2v) is 4.34. The van der Waals surface area contributed by atoms with Gasteiger partial charge in [-0.25, -0.2) is 4.79 Å². The van der Waals surface area contributed by atoms with Crippen LogP contribution >= 0.6 is 0 Å². The third kappa shape index (κ3) is 1.89. The Kier molecular flexibility index (Phi) is 3.07. The highest BCUT2D eigenvalue weighted by molar-refractivity contribution is 5.83. The lowest BCUT2D eigenvalue weighted by Gasteiger charge is -2.33. The normalized spacial score (nSPS) is 22.8. The SMILES string of the molecule is COC(=O)C1(N)CCCc2cc(OC)ccc21. The van der Waals surface area contributed by atoms with Gasteiger partial charge in [0.15, 0.2) is 0 Å². The highest BCUT2D eigenvalue weighted by Gasteiger charge is 2.40. The smallest absolute Gasteiger partial charge is 0.330 e. The molecule has 0 saturated heterocycles. The molecule has 2 N–H and O–H groups in total. The lowest BCUT2D eigenvalue weighted by Crippen LogP contribution is -2.48. The highest BCUT2D eigenvalue weighted by Crippen LogP contribution is 2.36. The Hall–Kier alpha value is -1.55. The minimum atomic E-state index is -1.01. The first-order valence-corrected chi connectivity index (χ1v) is 5.66. The molecule has 0 aromatic heterocycles. The summed E-state index contributed by atoms with van der Waals surface area (Å²) in [6, 6.07) is 5.64. The summed E-state index contributed by atoms with van der Waals surface area (Å²) in [6.45, 7) is 0. The summed E-state index contributed by atoms with van der Waals surface area (Å²) in [5.41, 5.74) is 7.13. The van der Waals surface area contributed by atoms with E-state index >= 15 is 0 Å². The van der Waals surface area contributed by atoms with Crippen LogP contribution in [-0.2, 0) is 21.5 Å². The minimum absolute atomic E-state index is 0.372. The summed E-state index contributed by atoms with van der Waals surface area (Å²) in [5, 5.41) is 0. The van der Waals surface area contributed by atoms with Gasteiger partial charge in [-0.1, -0.05) is 6.07 Å². The Morgan fingerprint density at radius 3 is 2.82 bits per heavy atom. The molecule has 0 radical (unpaired) electrons. The van der Waals surface area contributed by atoms with Crippen molar-refractivity contribution in [3.05, 3.63) is 29.3 Å². The second-order valence-electron chi connectivity index (χ2n) is 4.34. The quantitative estimate of drug-likeness (QED) is 0.786. The van der Waals surface area contributed by atoms with Crippen molar-refractivity contribution in [2.75, 3.05) is 14.2 Å². The minimum Gasteiger partial charge on any atom is -0.497 e. The van der Waals surface area contributed by atoms with E-state index in [0.29, 0.717) is 6.42 Å². The van der Waals surface area contributed by atoms with Gasteiger partial charge in [-0.15, -0.1) is 0 Å². The fourth-order valence-electron chi connectivity index (χ4n) is 2.43. The number of rotatable bonds is 2. The molecule has 1 unspecified atom stereocenters. The van der Waals surface area contributed by atoms with Gasteiger partial charge in [0.1, 0.15) is 11.3 Å². The monoisotopic (exact) mass is 235 g/mol. The van der Waals surface area contributed by atoms with Gasteiger partial charge in [0.2, 0.25) is 0 Å². The number of carbonyl (C=O) groups excluding carboxylic acids is 1. The van der Waals surface area contributed by atoms with E-state index in [1.54, 1.807) is 7.11 Å². The molecule has 0 heterocycles. The van der Waals surface area contributed by atoms with Crippen LogP contribution in [0.1, 0.15) is 24.0 Å². The molecule has 92 valence electrons. The molecule has 0 bridgehead atoms. The summed E-state index contributed by atoms with van der Waals surface area (Å²) < 4.78 is 9.99. The van der Waals surface area contributed by atoms with E-state index in [4.69, 9.17) is 15.2 Å². The van der Waals surface area contributed by atoms with Crippen LogP contribution in [0.25, 0.3) is 0 Å². The van der Waals surface area contributed by atoms with Crippen LogP contribution in [-0.4, -0.2) is 20.2 Å². The van der Waals surface area contributed by atoms with E-state index in [1.807, 2.05) is 18.2 Å². The summed E-state index contributed by atoms with van der Waals surface area (Å²) in [5.74, 6) is 0.418. The van der Waals surface area contributed by atoms with Crippen molar-refractivity contribution in [3.8, 4) is 5.75 Å². The number of fused-ring (bicyclic) bond motifs is 1. The fourth-order valence-corrected chi connectivity index (χ4v) is 2.43. The van der Waals surface area contributed by atoms with Crippen molar-refractivity contribution < 1.29 is 14.3 Å². The second kappa shape index (κ2) is 4.37. The Morgan fingerprint density at radius 1 is 1.41 bits per heavy atom. The molecular weight excluding hydrogens is 218 g/mol. The molecule has 4 heteroatoms. The van der Waals surface area contributed by atoms with Gasteiger partial charge in [-0.2, -0.15) is 0 Å². The molecule has 0 fully saturated rings. The maximum atomic E-state index is 11.8. The van der Waals surface area contributed by atoms with E-state index in [9.17, 15) is 4.79 Å². The maximum Gasteiger partial charge on any atom is 0.330 e. The number of hydrogen-bond donors (Lipinski definition) is 1. The molecule has 1 aromatic rings. The van der Waals surface area contributed by atoms with Crippen LogP contribution in [0.2, 0.25) is 0 Å². The van der Waals surface area contributed by atoms with E-state index in [0.717, 1.165) is 29.7 Å². The molecule has 0 aliphatic heterocycles. The number of nitrogens with two attached hydrogens (primary N) is 1. The molecule has 0 saturated carbocycles. The lowest BCUT2D eigenvalue weighted by molar-refractivity contribution is -0.148. The lowest BCUT2D eigenvalue weighted by atomic mass is 9.77. The zero-order chi connectivity index (χ0) is 12.5. The fraction of sp³-hybridized carbons (Fsp3) is 0.462. The largest absolute Gasteiger partial charge is 0.497 e. The van der Waals surface area contributed by atoms with Crippen molar-refractivity contribution in [1.29, 1.82) is 0 Å². The maximum absolute atomic E-state index is 11.8. The van der Waals surface area contributed by atoms with Crippen molar-refractivity contribution >= 4 is 5.97 Å². The molecule has 17 heavy (non-hydrogen) atoms. The molecule has 1 aromatic carbocycles. The third-order valence-corrected chi connectivity index (χ3v) is 3.36. The molecule has 0 amide bonds. The van der Waals surface area contributed by atoms with Crippen molar-refractivity contribution in [3.63, 3.8) is 0 Å². The van der Waals surface area contributed by atoms with Gasteiger partial charge >= 0.3 is 5.97 Å². The number of methoxy groups -OCH3 is 2. The number of ether oxygens (including phenoxy) is 2. The van der Waals surface area contributed by atoms with Gasteiger partial charge in [-0.3, -0.25) is 0 Å². The summed E-state index contributed by atoms with van der Waals surface area (Å²) in [7, 11) is 3.00. The summed E-state index contributed by atoms with van der Waals surface area (Å²) in [6.07, 6.45) is 2.42. The van der Waals surface area contributed by atoms with E-state index in [1.165, 1.54) is 7.11 Å². The summed E-state index contributed by atoms with van der Waals surface area (Å²) in [4.78, 5) is 11.8. The van der Waals surface area contributed by atoms with Gasteiger partial charge in [0, 0.05) is 0 Å². The zero-order valence-electron chi connectivity index (χ0n) is 10.2. The average molecular weight is 235 g/mol. The van der Waals surface area contributed by atoms with Gasteiger partial charge < -0.3 is 15.2 Å². The van der Waals surface area contributed by atoms with Crippen molar-refractivity contribution in [1.82, 2.24) is 0 Å². The molecule has 1 aliphatic carbocycles. The van der Waals surface area contributed by atoms with Crippen LogP contribution in [0.3, 0.4) is 0 Å². The Balaban J connectivity index is 2.48. The Morgan fingerprint density at radius 2 is 2.18 bits per heavy atom. The Labute approximate surface area is 101 Å². The van der Waals surface area contributed by atoms with Gasteiger partial charge in [0.25, 0.3) is 0 Å². The number of benzene rings is 1. The Bertz CT molecular complexity index is 444. The number of hydrogen-bond acceptors (Lipinski definition) is 4. The topological polar surface area (TPSA) is 61.5 Å². The predicted octanol–water partition coefficient (Wildman–Crippen LogP) is 1.36. The van der Waals surface area contributed by atoms with E-state index in [2.05, 4.69) is 0 Å². The molecule has 2 rings (SSSR count). The summed E-state index contributed by atoms with van der Waals surface area (Å²) >= 11 is 0. The molecular formula is C13H17NO3. The number of esters is 1. The zero-order valence-corrected chi connectivity index (χ0v) is 10.2. The van der Waals surface area contributed by atoms with Crippen LogP contribution < -0.4 is 10.5 Å². The first-order valence-electron chi connectivity index (χ1n) is 5.66. The van der Waals surface area contributed by atoms with Crippen LogP contribution in [0.5, 0.6) is 5.75 Å². The first-order chi connectivity index (χ1) is 8.11. The average Bonchev–Trinajstić information content (AvgIpc) is 2.37. The number of carbonyl (C=O) groups is 1. The van der Waals surface area contributed by atoms with E-state index in [-0.39, 0.29) is 5.97 Å². The first kappa shape index (κ1) is 11.9. The molecule has 0 spiro atoms. The highest BCUT2D eigenvalue weighted by atomic mass is 16.5. The van der Waals surface area contributed by atoms with Crippen LogP contribution in [0.15, 0.2) is 18.2 Å².